The van der Waals surface area contributed by atoms with E-state index in [2.05, 4.69) is 10.0 Å². The second kappa shape index (κ2) is 10.4. The molecule has 0 heterocycles. The normalized spacial score (nSPS) is 11.0. The smallest absolute Gasteiger partial charge is 0.261 e. The molecule has 0 aliphatic heterocycles. The third-order valence-corrected chi connectivity index (χ3v) is 6.64. The van der Waals surface area contributed by atoms with E-state index in [0.29, 0.717) is 29.3 Å². The molecule has 8 heteroatoms. The molecule has 0 atom stereocenters. The van der Waals surface area contributed by atoms with Gasteiger partial charge in [-0.15, -0.1) is 0 Å². The Balaban J connectivity index is 1.64. The zero-order valence-corrected chi connectivity index (χ0v) is 20.0. The van der Waals surface area contributed by atoms with Gasteiger partial charge in [0.25, 0.3) is 10.0 Å². The van der Waals surface area contributed by atoms with Gasteiger partial charge < -0.3 is 14.8 Å². The molecule has 174 valence electrons. The summed E-state index contributed by atoms with van der Waals surface area (Å²) in [6.45, 7) is 3.70. The van der Waals surface area contributed by atoms with Crippen molar-refractivity contribution in [2.24, 2.45) is 0 Å². The van der Waals surface area contributed by atoms with Crippen molar-refractivity contribution < 1.29 is 22.7 Å². The molecular formula is C25H28N2O5S. The van der Waals surface area contributed by atoms with Crippen LogP contribution in [-0.4, -0.2) is 28.5 Å². The molecule has 0 saturated heterocycles. The summed E-state index contributed by atoms with van der Waals surface area (Å²) in [6.07, 6.45) is 0.704. The molecule has 0 spiro atoms. The van der Waals surface area contributed by atoms with E-state index in [0.717, 1.165) is 16.7 Å². The average Bonchev–Trinajstić information content (AvgIpc) is 2.80. The molecule has 3 aromatic carbocycles. The number of benzene rings is 3. The Morgan fingerprint density at radius 2 is 1.52 bits per heavy atom. The van der Waals surface area contributed by atoms with Crippen molar-refractivity contribution in [3.05, 3.63) is 77.4 Å². The Bertz CT molecular complexity index is 1220. The maximum absolute atomic E-state index is 12.8. The number of nitrogens with one attached hydrogen (secondary N) is 2. The molecule has 0 bridgehead atoms. The van der Waals surface area contributed by atoms with Crippen LogP contribution >= 0.6 is 0 Å². The summed E-state index contributed by atoms with van der Waals surface area (Å²) in [6, 6.07) is 17.2. The highest BCUT2D eigenvalue weighted by Gasteiger charge is 2.17. The van der Waals surface area contributed by atoms with Crippen LogP contribution in [-0.2, 0) is 21.2 Å². The van der Waals surface area contributed by atoms with Gasteiger partial charge in [-0.25, -0.2) is 8.42 Å². The van der Waals surface area contributed by atoms with Gasteiger partial charge in [-0.05, 0) is 67.3 Å². The van der Waals surface area contributed by atoms with Gasteiger partial charge in [-0.1, -0.05) is 30.3 Å². The maximum Gasteiger partial charge on any atom is 0.261 e. The number of methoxy groups -OCH3 is 2. The van der Waals surface area contributed by atoms with Gasteiger partial charge in [-0.3, -0.25) is 9.52 Å². The number of amides is 1. The zero-order chi connectivity index (χ0) is 24.0. The molecule has 0 radical (unpaired) electrons. The highest BCUT2D eigenvalue weighted by atomic mass is 32.2. The lowest BCUT2D eigenvalue weighted by Crippen LogP contribution is -2.15. The molecule has 0 aromatic heterocycles. The molecular weight excluding hydrogens is 440 g/mol. The summed E-state index contributed by atoms with van der Waals surface area (Å²) in [5.41, 5.74) is 3.64. The summed E-state index contributed by atoms with van der Waals surface area (Å²) in [7, 11) is -0.625. The molecule has 3 rings (SSSR count). The molecule has 0 saturated carbocycles. The number of anilines is 2. The summed E-state index contributed by atoms with van der Waals surface area (Å²) in [4.78, 5) is 12.5. The summed E-state index contributed by atoms with van der Waals surface area (Å²) in [5, 5.41) is 2.80. The SMILES string of the molecule is COc1cccc(CCC(=O)Nc2ccc(S(=O)(=O)Nc3c(C)cccc3C)cc2)c1OC. The van der Waals surface area contributed by atoms with Crippen molar-refractivity contribution in [2.45, 2.75) is 31.6 Å². The Hall–Kier alpha value is -3.52. The first-order chi connectivity index (χ1) is 15.7. The van der Waals surface area contributed by atoms with Crippen molar-refractivity contribution in [1.82, 2.24) is 0 Å². The second-order valence-electron chi connectivity index (χ2n) is 7.60. The van der Waals surface area contributed by atoms with E-state index >= 15 is 0 Å². The van der Waals surface area contributed by atoms with Crippen LogP contribution < -0.4 is 19.5 Å². The predicted molar refractivity (Wildman–Crippen MR) is 130 cm³/mol. The highest BCUT2D eigenvalue weighted by molar-refractivity contribution is 7.92. The summed E-state index contributed by atoms with van der Waals surface area (Å²) in [5.74, 6) is 1.03. The maximum atomic E-state index is 12.8. The minimum absolute atomic E-state index is 0.115. The van der Waals surface area contributed by atoms with Crippen LogP contribution in [0.15, 0.2) is 65.6 Å². The van der Waals surface area contributed by atoms with Crippen LogP contribution in [0.1, 0.15) is 23.1 Å². The highest BCUT2D eigenvalue weighted by Crippen LogP contribution is 2.31. The number of hydrogen-bond acceptors (Lipinski definition) is 5. The molecule has 3 aromatic rings. The fraction of sp³-hybridized carbons (Fsp3) is 0.240. The van der Waals surface area contributed by atoms with Crippen LogP contribution in [0.4, 0.5) is 11.4 Å². The van der Waals surface area contributed by atoms with E-state index < -0.39 is 10.0 Å². The minimum Gasteiger partial charge on any atom is -0.493 e. The molecule has 33 heavy (non-hydrogen) atoms. The number of para-hydroxylation sites is 2. The molecule has 0 aliphatic rings. The van der Waals surface area contributed by atoms with Gasteiger partial charge in [0, 0.05) is 12.1 Å². The Kier molecular flexibility index (Phi) is 7.60. The Morgan fingerprint density at radius 1 is 0.879 bits per heavy atom. The Labute approximate surface area is 194 Å². The molecule has 7 nitrogen and oxygen atoms in total. The lowest BCUT2D eigenvalue weighted by Gasteiger charge is -2.14. The van der Waals surface area contributed by atoms with Crippen molar-refractivity contribution in [3.8, 4) is 11.5 Å². The molecule has 1 amide bonds. The van der Waals surface area contributed by atoms with Gasteiger partial charge in [0.05, 0.1) is 24.8 Å². The number of carbonyl (C=O) groups is 1. The summed E-state index contributed by atoms with van der Waals surface area (Å²) < 4.78 is 38.9. The van der Waals surface area contributed by atoms with Gasteiger partial charge in [0.2, 0.25) is 5.91 Å². The van der Waals surface area contributed by atoms with Crippen LogP contribution in [0, 0.1) is 13.8 Å². The van der Waals surface area contributed by atoms with E-state index in [-0.39, 0.29) is 17.2 Å². The molecule has 2 N–H and O–H groups in total. The number of rotatable bonds is 9. The molecule has 0 fully saturated rings. The van der Waals surface area contributed by atoms with Crippen LogP contribution in [0.2, 0.25) is 0 Å². The number of ether oxygens (including phenoxy) is 2. The first kappa shape index (κ1) is 24.1. The van der Waals surface area contributed by atoms with E-state index in [4.69, 9.17) is 9.47 Å². The third-order valence-electron chi connectivity index (χ3n) is 5.27. The fourth-order valence-electron chi connectivity index (χ4n) is 3.51. The minimum atomic E-state index is -3.75. The topological polar surface area (TPSA) is 93.7 Å². The summed E-state index contributed by atoms with van der Waals surface area (Å²) >= 11 is 0. The average molecular weight is 469 g/mol. The quantitative estimate of drug-likeness (QED) is 0.475. The van der Waals surface area contributed by atoms with Crippen molar-refractivity contribution >= 4 is 27.3 Å². The number of aryl methyl sites for hydroxylation is 3. The lowest BCUT2D eigenvalue weighted by atomic mass is 10.1. The van der Waals surface area contributed by atoms with Gasteiger partial charge >= 0.3 is 0 Å². The third kappa shape index (κ3) is 5.84. The van der Waals surface area contributed by atoms with Gasteiger partial charge in [0.15, 0.2) is 11.5 Å². The van der Waals surface area contributed by atoms with E-state index in [1.807, 2.05) is 44.2 Å². The van der Waals surface area contributed by atoms with Crippen LogP contribution in [0.25, 0.3) is 0 Å². The zero-order valence-electron chi connectivity index (χ0n) is 19.1. The van der Waals surface area contributed by atoms with E-state index in [1.54, 1.807) is 32.4 Å². The fourth-order valence-corrected chi connectivity index (χ4v) is 4.71. The standard InChI is InChI=1S/C25H28N2O5S/c1-17-7-5-8-18(2)24(17)27-33(29,30)21-14-12-20(13-15-21)26-23(28)16-11-19-9-6-10-22(31-3)25(19)32-4/h5-10,12-15,27H,11,16H2,1-4H3,(H,26,28). The first-order valence-corrected chi connectivity index (χ1v) is 11.9. The number of carbonyl (C=O) groups excluding carboxylic acids is 1. The second-order valence-corrected chi connectivity index (χ2v) is 9.28. The van der Waals surface area contributed by atoms with Gasteiger partial charge in [0.1, 0.15) is 0 Å². The lowest BCUT2D eigenvalue weighted by molar-refractivity contribution is -0.116. The van der Waals surface area contributed by atoms with Crippen molar-refractivity contribution in [3.63, 3.8) is 0 Å². The van der Waals surface area contributed by atoms with E-state index in [1.165, 1.54) is 12.1 Å². The van der Waals surface area contributed by atoms with Gasteiger partial charge in [-0.2, -0.15) is 0 Å². The molecule has 0 unspecified atom stereocenters. The number of hydrogen-bond donors (Lipinski definition) is 2. The van der Waals surface area contributed by atoms with Crippen molar-refractivity contribution in [1.29, 1.82) is 0 Å². The Morgan fingerprint density at radius 3 is 2.12 bits per heavy atom. The van der Waals surface area contributed by atoms with Crippen LogP contribution in [0.5, 0.6) is 11.5 Å². The monoisotopic (exact) mass is 468 g/mol. The van der Waals surface area contributed by atoms with Crippen LogP contribution in [0.3, 0.4) is 0 Å². The molecule has 0 aliphatic carbocycles. The predicted octanol–water partition coefficient (Wildman–Crippen LogP) is 4.69. The largest absolute Gasteiger partial charge is 0.493 e. The first-order valence-electron chi connectivity index (χ1n) is 10.4. The van der Waals surface area contributed by atoms with E-state index in [9.17, 15) is 13.2 Å². The number of sulfonamides is 1. The van der Waals surface area contributed by atoms with Crippen molar-refractivity contribution in [2.75, 3.05) is 24.3 Å².